The van der Waals surface area contributed by atoms with Gasteiger partial charge in [-0.3, -0.25) is 9.59 Å². The van der Waals surface area contributed by atoms with Crippen molar-refractivity contribution in [1.82, 2.24) is 5.32 Å². The summed E-state index contributed by atoms with van der Waals surface area (Å²) in [6.45, 7) is 6.01. The predicted octanol–water partition coefficient (Wildman–Crippen LogP) is 4.31. The van der Waals surface area contributed by atoms with Crippen LogP contribution in [0.4, 0.5) is 5.69 Å². The van der Waals surface area contributed by atoms with Crippen LogP contribution >= 0.6 is 11.6 Å². The fourth-order valence-electron chi connectivity index (χ4n) is 3.08. The third-order valence-corrected chi connectivity index (χ3v) is 5.15. The lowest BCUT2D eigenvalue weighted by Gasteiger charge is -2.28. The standard InChI is InChI=1S/C19H27ClN2O2/c1-4-13(3)21-18(23)14-5-7-15(8-6-14)19(24)22-17-10-9-16(20)11-12(17)2/h9-11,13-15H,4-8H2,1-3H3,(H,21,23)(H,22,24). The quantitative estimate of drug-likeness (QED) is 0.831. The fraction of sp³-hybridized carbons (Fsp3) is 0.579. The Balaban J connectivity index is 1.85. The van der Waals surface area contributed by atoms with Crippen LogP contribution in [0, 0.1) is 18.8 Å². The molecule has 2 N–H and O–H groups in total. The van der Waals surface area contributed by atoms with E-state index < -0.39 is 0 Å². The number of anilines is 1. The molecule has 0 radical (unpaired) electrons. The number of hydrogen-bond acceptors (Lipinski definition) is 2. The molecule has 1 unspecified atom stereocenters. The largest absolute Gasteiger partial charge is 0.353 e. The highest BCUT2D eigenvalue weighted by Gasteiger charge is 2.30. The van der Waals surface area contributed by atoms with E-state index in [2.05, 4.69) is 17.6 Å². The van der Waals surface area contributed by atoms with E-state index in [0.29, 0.717) is 5.02 Å². The Labute approximate surface area is 149 Å². The summed E-state index contributed by atoms with van der Waals surface area (Å²) < 4.78 is 0. The Hall–Kier alpha value is -1.55. The van der Waals surface area contributed by atoms with Crippen LogP contribution in [-0.2, 0) is 9.59 Å². The molecule has 132 valence electrons. The molecule has 0 heterocycles. The molecule has 0 saturated heterocycles. The number of nitrogens with one attached hydrogen (secondary N) is 2. The molecule has 2 rings (SSSR count). The van der Waals surface area contributed by atoms with Crippen molar-refractivity contribution in [3.8, 4) is 0 Å². The number of amides is 2. The van der Waals surface area contributed by atoms with E-state index in [4.69, 9.17) is 11.6 Å². The molecule has 2 amide bonds. The normalized spacial score (nSPS) is 21.8. The second kappa shape index (κ2) is 8.52. The first kappa shape index (κ1) is 18.8. The van der Waals surface area contributed by atoms with Crippen molar-refractivity contribution >= 4 is 29.1 Å². The lowest BCUT2D eigenvalue weighted by molar-refractivity contribution is -0.129. The average Bonchev–Trinajstić information content (AvgIpc) is 2.57. The van der Waals surface area contributed by atoms with E-state index in [1.165, 1.54) is 0 Å². The minimum absolute atomic E-state index is 0.0206. The Kier molecular flexibility index (Phi) is 6.67. The van der Waals surface area contributed by atoms with Crippen LogP contribution in [0.1, 0.15) is 51.5 Å². The van der Waals surface area contributed by atoms with Crippen molar-refractivity contribution in [3.05, 3.63) is 28.8 Å². The molecular weight excluding hydrogens is 324 g/mol. The van der Waals surface area contributed by atoms with Crippen LogP contribution in [0.3, 0.4) is 0 Å². The van der Waals surface area contributed by atoms with Crippen molar-refractivity contribution in [1.29, 1.82) is 0 Å². The highest BCUT2D eigenvalue weighted by Crippen LogP contribution is 2.30. The van der Waals surface area contributed by atoms with E-state index >= 15 is 0 Å². The number of rotatable bonds is 5. The third-order valence-electron chi connectivity index (χ3n) is 4.92. The van der Waals surface area contributed by atoms with Crippen molar-refractivity contribution in [3.63, 3.8) is 0 Å². The number of carbonyl (C=O) groups is 2. The number of carbonyl (C=O) groups excluding carboxylic acids is 2. The van der Waals surface area contributed by atoms with E-state index in [9.17, 15) is 9.59 Å². The summed E-state index contributed by atoms with van der Waals surface area (Å²) in [6.07, 6.45) is 4.01. The lowest BCUT2D eigenvalue weighted by atomic mass is 9.81. The smallest absolute Gasteiger partial charge is 0.227 e. The molecule has 0 bridgehead atoms. The summed E-state index contributed by atoms with van der Waals surface area (Å²) in [6, 6.07) is 5.67. The van der Waals surface area contributed by atoms with E-state index in [-0.39, 0.29) is 29.7 Å². The maximum atomic E-state index is 12.5. The summed E-state index contributed by atoms with van der Waals surface area (Å²) in [5.41, 5.74) is 1.76. The summed E-state index contributed by atoms with van der Waals surface area (Å²) in [7, 11) is 0. The monoisotopic (exact) mass is 350 g/mol. The van der Waals surface area contributed by atoms with Gasteiger partial charge in [-0.15, -0.1) is 0 Å². The van der Waals surface area contributed by atoms with Gasteiger partial charge in [-0.05, 0) is 69.7 Å². The van der Waals surface area contributed by atoms with Crippen LogP contribution in [0.25, 0.3) is 0 Å². The first-order valence-electron chi connectivity index (χ1n) is 8.78. The van der Waals surface area contributed by atoms with Gasteiger partial charge in [0.2, 0.25) is 11.8 Å². The first-order valence-corrected chi connectivity index (χ1v) is 9.15. The van der Waals surface area contributed by atoms with Gasteiger partial charge < -0.3 is 10.6 Å². The van der Waals surface area contributed by atoms with Crippen molar-refractivity contribution in [2.24, 2.45) is 11.8 Å². The fourth-order valence-corrected chi connectivity index (χ4v) is 3.31. The van der Waals surface area contributed by atoms with Gasteiger partial charge in [0.15, 0.2) is 0 Å². The predicted molar refractivity (Wildman–Crippen MR) is 98.2 cm³/mol. The topological polar surface area (TPSA) is 58.2 Å². The van der Waals surface area contributed by atoms with Crippen LogP contribution < -0.4 is 10.6 Å². The Morgan fingerprint density at radius 2 is 1.75 bits per heavy atom. The zero-order valence-electron chi connectivity index (χ0n) is 14.7. The molecule has 0 aromatic heterocycles. The highest BCUT2D eigenvalue weighted by molar-refractivity contribution is 6.30. The summed E-state index contributed by atoms with van der Waals surface area (Å²) >= 11 is 5.94. The SMILES string of the molecule is CCC(C)NC(=O)C1CCC(C(=O)Nc2ccc(Cl)cc2C)CC1. The molecule has 1 aromatic rings. The second-order valence-electron chi connectivity index (χ2n) is 6.81. The molecule has 5 heteroatoms. The number of halogens is 1. The average molecular weight is 351 g/mol. The van der Waals surface area contributed by atoms with Crippen molar-refractivity contribution in [2.45, 2.75) is 58.9 Å². The summed E-state index contributed by atoms with van der Waals surface area (Å²) in [5.74, 6) is 0.200. The molecule has 1 saturated carbocycles. The van der Waals surface area contributed by atoms with Gasteiger partial charge in [-0.1, -0.05) is 18.5 Å². The summed E-state index contributed by atoms with van der Waals surface area (Å²) in [5, 5.41) is 6.70. The molecule has 1 aromatic carbocycles. The maximum Gasteiger partial charge on any atom is 0.227 e. The van der Waals surface area contributed by atoms with Crippen LogP contribution in [0.5, 0.6) is 0 Å². The van der Waals surface area contributed by atoms with E-state index in [1.54, 1.807) is 6.07 Å². The summed E-state index contributed by atoms with van der Waals surface area (Å²) in [4.78, 5) is 24.6. The third kappa shape index (κ3) is 4.97. The minimum Gasteiger partial charge on any atom is -0.353 e. The molecular formula is C19H27ClN2O2. The van der Waals surface area contributed by atoms with Gasteiger partial charge in [0, 0.05) is 28.6 Å². The minimum atomic E-state index is -0.0206. The van der Waals surface area contributed by atoms with Gasteiger partial charge in [0.1, 0.15) is 0 Å². The molecule has 1 aliphatic rings. The Bertz CT molecular complexity index is 595. The van der Waals surface area contributed by atoms with Crippen molar-refractivity contribution in [2.75, 3.05) is 5.32 Å². The molecule has 1 aliphatic carbocycles. The van der Waals surface area contributed by atoms with E-state index in [1.807, 2.05) is 26.0 Å². The number of aryl methyl sites for hydroxylation is 1. The molecule has 4 nitrogen and oxygen atoms in total. The molecule has 1 fully saturated rings. The Morgan fingerprint density at radius 1 is 1.17 bits per heavy atom. The Morgan fingerprint density at radius 3 is 2.29 bits per heavy atom. The highest BCUT2D eigenvalue weighted by atomic mass is 35.5. The van der Waals surface area contributed by atoms with Gasteiger partial charge >= 0.3 is 0 Å². The number of benzene rings is 1. The maximum absolute atomic E-state index is 12.5. The molecule has 0 aliphatic heterocycles. The molecule has 0 spiro atoms. The van der Waals surface area contributed by atoms with Gasteiger partial charge in [-0.2, -0.15) is 0 Å². The van der Waals surface area contributed by atoms with E-state index in [0.717, 1.165) is 43.4 Å². The lowest BCUT2D eigenvalue weighted by Crippen LogP contribution is -2.39. The van der Waals surface area contributed by atoms with Crippen molar-refractivity contribution < 1.29 is 9.59 Å². The van der Waals surface area contributed by atoms with Gasteiger partial charge in [-0.25, -0.2) is 0 Å². The molecule has 1 atom stereocenters. The molecule has 24 heavy (non-hydrogen) atoms. The van der Waals surface area contributed by atoms with Gasteiger partial charge in [0.25, 0.3) is 0 Å². The zero-order chi connectivity index (χ0) is 17.7. The van der Waals surface area contributed by atoms with Crippen LogP contribution in [0.2, 0.25) is 5.02 Å². The first-order chi connectivity index (χ1) is 11.4. The number of hydrogen-bond donors (Lipinski definition) is 2. The second-order valence-corrected chi connectivity index (χ2v) is 7.25. The van der Waals surface area contributed by atoms with Gasteiger partial charge in [0.05, 0.1) is 0 Å². The van der Waals surface area contributed by atoms with Crippen LogP contribution in [0.15, 0.2) is 18.2 Å². The zero-order valence-corrected chi connectivity index (χ0v) is 15.5. The van der Waals surface area contributed by atoms with Crippen LogP contribution in [-0.4, -0.2) is 17.9 Å².